The third-order valence-corrected chi connectivity index (χ3v) is 1.68. The van der Waals surface area contributed by atoms with Gasteiger partial charge in [-0.05, 0) is 0 Å². The van der Waals surface area contributed by atoms with Crippen LogP contribution in [0.4, 0.5) is 39.5 Å². The molecular weight excluding hydrogens is 251 g/mol. The van der Waals surface area contributed by atoms with Gasteiger partial charge in [0, 0.05) is 0 Å². The molecule has 1 unspecified atom stereocenters. The van der Waals surface area contributed by atoms with E-state index in [1.54, 1.807) is 12.6 Å². The van der Waals surface area contributed by atoms with Crippen molar-refractivity contribution in [3.8, 4) is 0 Å². The molecule has 0 aromatic heterocycles. The summed E-state index contributed by atoms with van der Waals surface area (Å²) in [4.78, 5) is 0. The Bertz CT molecular complexity index is 186. The van der Waals surface area contributed by atoms with E-state index in [9.17, 15) is 39.5 Å². The average molecular weight is 252 g/mol. The van der Waals surface area contributed by atoms with Gasteiger partial charge in [0.2, 0.25) is 0 Å². The van der Waals surface area contributed by atoms with Crippen LogP contribution in [0.15, 0.2) is 0 Å². The van der Waals surface area contributed by atoms with Crippen LogP contribution >= 0.6 is 12.6 Å². The second-order valence-corrected chi connectivity index (χ2v) is 2.81. The van der Waals surface area contributed by atoms with Crippen LogP contribution < -0.4 is 0 Å². The van der Waals surface area contributed by atoms with Crippen molar-refractivity contribution in [2.24, 2.45) is 0 Å². The van der Waals surface area contributed by atoms with Gasteiger partial charge in [0.25, 0.3) is 0 Å². The van der Waals surface area contributed by atoms with Gasteiger partial charge in [-0.3, -0.25) is 0 Å². The molecule has 0 aromatic rings. The molecular formula is C4HF9S. The normalized spacial score (nSPS) is 19.3. The minimum absolute atomic E-state index is 1.68. The molecule has 0 aliphatic carbocycles. The van der Waals surface area contributed by atoms with Crippen molar-refractivity contribution in [3.63, 3.8) is 0 Å². The molecule has 0 bridgehead atoms. The first kappa shape index (κ1) is 13.7. The zero-order chi connectivity index (χ0) is 12.0. The highest BCUT2D eigenvalue weighted by Crippen LogP contribution is 2.54. The van der Waals surface area contributed by atoms with Crippen LogP contribution in [0.25, 0.3) is 0 Å². The standard InChI is InChI=1S/C4HF9S/c5-1(6,3(8,9)10)2(7,14)4(11,12)13/h14H. The number of halogens is 9. The maximum Gasteiger partial charge on any atom is 0.458 e. The lowest BCUT2D eigenvalue weighted by atomic mass is 10.2. The first-order chi connectivity index (χ1) is 5.75. The number of alkyl halides is 9. The van der Waals surface area contributed by atoms with E-state index in [2.05, 4.69) is 0 Å². The maximum absolute atomic E-state index is 12.1. The van der Waals surface area contributed by atoms with E-state index in [1.807, 2.05) is 0 Å². The summed E-state index contributed by atoms with van der Waals surface area (Å²) in [6.07, 6.45) is -13.1. The summed E-state index contributed by atoms with van der Waals surface area (Å²) in [5.74, 6) is -6.61. The molecule has 86 valence electrons. The van der Waals surface area contributed by atoms with Gasteiger partial charge < -0.3 is 0 Å². The molecule has 0 amide bonds. The Hall–Kier alpha value is -0.280. The third-order valence-electron chi connectivity index (χ3n) is 1.15. The number of rotatable bonds is 1. The lowest BCUT2D eigenvalue weighted by Gasteiger charge is -2.31. The van der Waals surface area contributed by atoms with Crippen molar-refractivity contribution < 1.29 is 39.5 Å². The zero-order valence-electron chi connectivity index (χ0n) is 5.85. The Balaban J connectivity index is 5.30. The summed E-state index contributed by atoms with van der Waals surface area (Å²) in [5, 5.41) is -5.95. The summed E-state index contributed by atoms with van der Waals surface area (Å²) >= 11 is 1.68. The molecule has 0 saturated carbocycles. The van der Waals surface area contributed by atoms with Crippen LogP contribution in [0.5, 0.6) is 0 Å². The molecule has 0 radical (unpaired) electrons. The molecule has 14 heavy (non-hydrogen) atoms. The molecule has 0 heterocycles. The molecule has 0 saturated heterocycles. The largest absolute Gasteiger partial charge is 0.458 e. The van der Waals surface area contributed by atoms with Crippen LogP contribution in [-0.4, -0.2) is 23.3 Å². The molecule has 0 fully saturated rings. The highest BCUT2D eigenvalue weighted by atomic mass is 32.1. The Morgan fingerprint density at radius 3 is 0.929 bits per heavy atom. The molecule has 0 rings (SSSR count). The van der Waals surface area contributed by atoms with Crippen molar-refractivity contribution in [1.29, 1.82) is 0 Å². The van der Waals surface area contributed by atoms with E-state index >= 15 is 0 Å². The van der Waals surface area contributed by atoms with Crippen molar-refractivity contribution in [1.82, 2.24) is 0 Å². The summed E-state index contributed by atoms with van der Waals surface area (Å²) in [5.41, 5.74) is 0. The molecule has 0 aliphatic heterocycles. The molecule has 0 aromatic carbocycles. The Kier molecular flexibility index (Phi) is 3.04. The Morgan fingerprint density at radius 2 is 0.857 bits per heavy atom. The van der Waals surface area contributed by atoms with Gasteiger partial charge in [-0.2, -0.15) is 35.1 Å². The number of thiol groups is 1. The van der Waals surface area contributed by atoms with E-state index < -0.39 is 23.3 Å². The van der Waals surface area contributed by atoms with Crippen LogP contribution in [0.2, 0.25) is 0 Å². The van der Waals surface area contributed by atoms with E-state index in [4.69, 9.17) is 0 Å². The molecule has 0 aliphatic rings. The highest BCUT2D eigenvalue weighted by molar-refractivity contribution is 7.81. The fourth-order valence-electron chi connectivity index (χ4n) is 0.366. The fourth-order valence-corrected chi connectivity index (χ4v) is 0.493. The zero-order valence-corrected chi connectivity index (χ0v) is 6.74. The van der Waals surface area contributed by atoms with Gasteiger partial charge >= 0.3 is 23.3 Å². The lowest BCUT2D eigenvalue weighted by Crippen LogP contribution is -2.58. The first-order valence-corrected chi connectivity index (χ1v) is 3.12. The predicted molar refractivity (Wildman–Crippen MR) is 29.9 cm³/mol. The molecule has 10 heteroatoms. The van der Waals surface area contributed by atoms with Crippen LogP contribution in [0.3, 0.4) is 0 Å². The van der Waals surface area contributed by atoms with Crippen LogP contribution in [0.1, 0.15) is 0 Å². The van der Waals surface area contributed by atoms with Gasteiger partial charge in [-0.1, -0.05) is 0 Å². The van der Waals surface area contributed by atoms with E-state index in [-0.39, 0.29) is 0 Å². The van der Waals surface area contributed by atoms with Gasteiger partial charge in [0.15, 0.2) is 0 Å². The second-order valence-electron chi connectivity index (χ2n) is 2.19. The molecule has 0 spiro atoms. The van der Waals surface area contributed by atoms with Crippen molar-refractivity contribution in [3.05, 3.63) is 0 Å². The van der Waals surface area contributed by atoms with Crippen molar-refractivity contribution in [2.45, 2.75) is 23.3 Å². The third kappa shape index (κ3) is 1.89. The van der Waals surface area contributed by atoms with Crippen molar-refractivity contribution >= 4 is 12.6 Å². The topological polar surface area (TPSA) is 0 Å². The molecule has 0 N–H and O–H groups in total. The highest BCUT2D eigenvalue weighted by Gasteiger charge is 2.79. The first-order valence-electron chi connectivity index (χ1n) is 2.67. The number of hydrogen-bond acceptors (Lipinski definition) is 1. The summed E-state index contributed by atoms with van der Waals surface area (Å²) < 4.78 is 104. The number of hydrogen-bond donors (Lipinski definition) is 1. The maximum atomic E-state index is 12.1. The van der Waals surface area contributed by atoms with Crippen LogP contribution in [-0.2, 0) is 0 Å². The predicted octanol–water partition coefficient (Wildman–Crippen LogP) is 3.34. The van der Waals surface area contributed by atoms with E-state index in [0.29, 0.717) is 0 Å². The minimum Gasteiger partial charge on any atom is -0.215 e. The lowest BCUT2D eigenvalue weighted by molar-refractivity contribution is -0.355. The fraction of sp³-hybridized carbons (Fsp3) is 1.00. The van der Waals surface area contributed by atoms with Gasteiger partial charge in [-0.15, -0.1) is 12.6 Å². The Labute approximate surface area is 76.5 Å². The summed E-state index contributed by atoms with van der Waals surface area (Å²) in [7, 11) is 0. The van der Waals surface area contributed by atoms with Crippen molar-refractivity contribution in [2.75, 3.05) is 0 Å². The van der Waals surface area contributed by atoms with Gasteiger partial charge in [0.1, 0.15) is 0 Å². The van der Waals surface area contributed by atoms with E-state index in [1.165, 1.54) is 0 Å². The monoisotopic (exact) mass is 252 g/mol. The van der Waals surface area contributed by atoms with Gasteiger partial charge in [-0.25, -0.2) is 4.39 Å². The second kappa shape index (κ2) is 3.11. The molecule has 1 atom stereocenters. The SMILES string of the molecule is FC(F)(F)C(F)(F)C(F)(S)C(F)(F)F. The van der Waals surface area contributed by atoms with E-state index in [0.717, 1.165) is 0 Å². The smallest absolute Gasteiger partial charge is 0.215 e. The molecule has 0 nitrogen and oxygen atoms in total. The summed E-state index contributed by atoms with van der Waals surface area (Å²) in [6, 6.07) is 0. The average Bonchev–Trinajstić information content (AvgIpc) is 1.81. The van der Waals surface area contributed by atoms with Crippen LogP contribution in [0, 0.1) is 0 Å². The quantitative estimate of drug-likeness (QED) is 0.537. The Morgan fingerprint density at radius 1 is 0.571 bits per heavy atom. The minimum atomic E-state index is -6.67. The summed E-state index contributed by atoms with van der Waals surface area (Å²) in [6.45, 7) is 0. The van der Waals surface area contributed by atoms with Gasteiger partial charge in [0.05, 0.1) is 0 Å².